The molecule has 0 N–H and O–H groups in total. The SMILES string of the molecule is CC1=CC=C(CCC2CCC(=O)C(Br)C2=O)CC1. The van der Waals surface area contributed by atoms with Crippen LogP contribution in [0.5, 0.6) is 0 Å². The monoisotopic (exact) mass is 310 g/mol. The summed E-state index contributed by atoms with van der Waals surface area (Å²) in [6, 6.07) is 0. The molecular weight excluding hydrogens is 292 g/mol. The summed E-state index contributed by atoms with van der Waals surface area (Å²) >= 11 is 3.21. The van der Waals surface area contributed by atoms with E-state index in [1.807, 2.05) is 0 Å². The standard InChI is InChI=1S/C15H19BrO2/c1-10-2-4-11(5-3-10)6-7-12-8-9-13(17)14(16)15(12)18/h2,4,12,14H,3,5-9H2,1H3. The number of hydrogen-bond acceptors (Lipinski definition) is 2. The van der Waals surface area contributed by atoms with Gasteiger partial charge < -0.3 is 0 Å². The molecule has 0 aliphatic heterocycles. The summed E-state index contributed by atoms with van der Waals surface area (Å²) in [5.41, 5.74) is 2.87. The van der Waals surface area contributed by atoms with Gasteiger partial charge in [0.1, 0.15) is 4.83 Å². The van der Waals surface area contributed by atoms with Crippen LogP contribution >= 0.6 is 15.9 Å². The average Bonchev–Trinajstić information content (AvgIpc) is 2.37. The summed E-state index contributed by atoms with van der Waals surface area (Å²) in [7, 11) is 0. The van der Waals surface area contributed by atoms with Crippen molar-refractivity contribution in [1.29, 1.82) is 0 Å². The Hall–Kier alpha value is -0.700. The second kappa shape index (κ2) is 5.96. The van der Waals surface area contributed by atoms with Crippen LogP contribution in [0.3, 0.4) is 0 Å². The number of halogens is 1. The summed E-state index contributed by atoms with van der Waals surface area (Å²) in [5, 5.41) is 0. The number of carbonyl (C=O) groups is 2. The summed E-state index contributed by atoms with van der Waals surface area (Å²) < 4.78 is 0. The van der Waals surface area contributed by atoms with Gasteiger partial charge in [0.2, 0.25) is 0 Å². The lowest BCUT2D eigenvalue weighted by Crippen LogP contribution is -2.35. The fourth-order valence-electron chi connectivity index (χ4n) is 2.59. The first-order valence-electron chi connectivity index (χ1n) is 6.63. The van der Waals surface area contributed by atoms with E-state index in [1.165, 1.54) is 11.1 Å². The Bertz CT molecular complexity index is 420. The molecule has 2 unspecified atom stereocenters. The van der Waals surface area contributed by atoms with Crippen LogP contribution in [0.4, 0.5) is 0 Å². The van der Waals surface area contributed by atoms with E-state index in [2.05, 4.69) is 35.0 Å². The molecular formula is C15H19BrO2. The molecule has 18 heavy (non-hydrogen) atoms. The largest absolute Gasteiger partial charge is 0.298 e. The lowest BCUT2D eigenvalue weighted by molar-refractivity contribution is -0.131. The van der Waals surface area contributed by atoms with Gasteiger partial charge in [0.15, 0.2) is 11.6 Å². The Morgan fingerprint density at radius 2 is 2.00 bits per heavy atom. The van der Waals surface area contributed by atoms with Crippen molar-refractivity contribution in [1.82, 2.24) is 0 Å². The fourth-order valence-corrected chi connectivity index (χ4v) is 3.19. The third-order valence-electron chi connectivity index (χ3n) is 3.93. The van der Waals surface area contributed by atoms with E-state index < -0.39 is 4.83 Å². The topological polar surface area (TPSA) is 34.1 Å². The molecule has 2 nitrogen and oxygen atoms in total. The van der Waals surface area contributed by atoms with E-state index in [-0.39, 0.29) is 17.5 Å². The zero-order valence-corrected chi connectivity index (χ0v) is 12.3. The van der Waals surface area contributed by atoms with Gasteiger partial charge in [-0.3, -0.25) is 9.59 Å². The molecule has 0 amide bonds. The quantitative estimate of drug-likeness (QED) is 0.588. The van der Waals surface area contributed by atoms with E-state index in [0.717, 1.165) is 32.1 Å². The normalized spacial score (nSPS) is 29.0. The molecule has 2 rings (SSSR count). The molecule has 0 aromatic rings. The second-order valence-corrected chi connectivity index (χ2v) is 6.26. The van der Waals surface area contributed by atoms with Crippen molar-refractivity contribution >= 4 is 27.5 Å². The highest BCUT2D eigenvalue weighted by Gasteiger charge is 2.34. The second-order valence-electron chi connectivity index (χ2n) is 5.34. The molecule has 0 radical (unpaired) electrons. The van der Waals surface area contributed by atoms with Crippen LogP contribution in [0.25, 0.3) is 0 Å². The number of ketones is 2. The highest BCUT2D eigenvalue weighted by molar-refractivity contribution is 9.10. The summed E-state index contributed by atoms with van der Waals surface area (Å²) in [5.74, 6) is 0.209. The van der Waals surface area contributed by atoms with Gasteiger partial charge in [-0.05, 0) is 39.0 Å². The summed E-state index contributed by atoms with van der Waals surface area (Å²) in [6.45, 7) is 2.15. The molecule has 0 heterocycles. The van der Waals surface area contributed by atoms with E-state index in [1.54, 1.807) is 0 Å². The zero-order valence-electron chi connectivity index (χ0n) is 10.7. The summed E-state index contributed by atoms with van der Waals surface area (Å²) in [4.78, 5) is 22.8. The van der Waals surface area contributed by atoms with E-state index in [9.17, 15) is 9.59 Å². The van der Waals surface area contributed by atoms with E-state index in [0.29, 0.717) is 6.42 Å². The van der Waals surface area contributed by atoms with Crippen LogP contribution in [0.1, 0.15) is 45.4 Å². The van der Waals surface area contributed by atoms with Crippen LogP contribution in [0, 0.1) is 5.92 Å². The lowest BCUT2D eigenvalue weighted by atomic mass is 9.82. The maximum atomic E-state index is 12.0. The first-order valence-corrected chi connectivity index (χ1v) is 7.55. The molecule has 0 aromatic heterocycles. The first-order chi connectivity index (χ1) is 8.58. The van der Waals surface area contributed by atoms with Crippen molar-refractivity contribution in [2.24, 2.45) is 5.92 Å². The molecule has 3 heteroatoms. The first kappa shape index (κ1) is 13.7. The Balaban J connectivity index is 1.87. The van der Waals surface area contributed by atoms with Crippen LogP contribution in [-0.4, -0.2) is 16.4 Å². The third-order valence-corrected chi connectivity index (χ3v) is 4.89. The highest BCUT2D eigenvalue weighted by Crippen LogP contribution is 2.30. The fraction of sp³-hybridized carbons (Fsp3) is 0.600. The molecule has 2 aliphatic carbocycles. The maximum absolute atomic E-state index is 12.0. The van der Waals surface area contributed by atoms with Gasteiger partial charge in [0, 0.05) is 12.3 Å². The van der Waals surface area contributed by atoms with Gasteiger partial charge in [0.05, 0.1) is 0 Å². The van der Waals surface area contributed by atoms with Gasteiger partial charge in [-0.1, -0.05) is 39.2 Å². The number of Topliss-reactive ketones (excluding diaryl/α,β-unsaturated/α-hetero) is 2. The molecule has 0 spiro atoms. The summed E-state index contributed by atoms with van der Waals surface area (Å²) in [6.07, 6.45) is 9.82. The van der Waals surface area contributed by atoms with Crippen molar-refractivity contribution in [2.45, 2.75) is 50.3 Å². The number of rotatable bonds is 3. The Kier molecular flexibility index (Phi) is 4.55. The van der Waals surface area contributed by atoms with Gasteiger partial charge in [0.25, 0.3) is 0 Å². The minimum atomic E-state index is -0.543. The van der Waals surface area contributed by atoms with Crippen molar-refractivity contribution in [3.63, 3.8) is 0 Å². The van der Waals surface area contributed by atoms with Gasteiger partial charge >= 0.3 is 0 Å². The van der Waals surface area contributed by atoms with Crippen LogP contribution in [0.15, 0.2) is 23.3 Å². The Labute approximate surface area is 117 Å². The van der Waals surface area contributed by atoms with Gasteiger partial charge in [-0.2, -0.15) is 0 Å². The van der Waals surface area contributed by atoms with E-state index in [4.69, 9.17) is 0 Å². The van der Waals surface area contributed by atoms with Crippen molar-refractivity contribution < 1.29 is 9.59 Å². The smallest absolute Gasteiger partial charge is 0.157 e. The molecule has 2 atom stereocenters. The molecule has 2 aliphatic rings. The van der Waals surface area contributed by atoms with Crippen LogP contribution in [0.2, 0.25) is 0 Å². The van der Waals surface area contributed by atoms with Crippen LogP contribution < -0.4 is 0 Å². The number of hydrogen-bond donors (Lipinski definition) is 0. The van der Waals surface area contributed by atoms with Crippen molar-refractivity contribution in [3.05, 3.63) is 23.3 Å². The number of carbonyl (C=O) groups excluding carboxylic acids is 2. The maximum Gasteiger partial charge on any atom is 0.157 e. The van der Waals surface area contributed by atoms with E-state index >= 15 is 0 Å². The molecule has 98 valence electrons. The molecule has 1 saturated carbocycles. The predicted octanol–water partition coefficient (Wildman–Crippen LogP) is 3.74. The van der Waals surface area contributed by atoms with Crippen molar-refractivity contribution in [3.8, 4) is 0 Å². The Morgan fingerprint density at radius 1 is 1.22 bits per heavy atom. The Morgan fingerprint density at radius 3 is 2.67 bits per heavy atom. The molecule has 1 fully saturated rings. The predicted molar refractivity (Wildman–Crippen MR) is 75.8 cm³/mol. The average molecular weight is 311 g/mol. The minimum Gasteiger partial charge on any atom is -0.298 e. The molecule has 0 saturated heterocycles. The lowest BCUT2D eigenvalue weighted by Gasteiger charge is -2.24. The minimum absolute atomic E-state index is 0.0479. The molecule has 0 aromatic carbocycles. The molecule has 0 bridgehead atoms. The van der Waals surface area contributed by atoms with Gasteiger partial charge in [-0.15, -0.1) is 0 Å². The van der Waals surface area contributed by atoms with Gasteiger partial charge in [-0.25, -0.2) is 0 Å². The van der Waals surface area contributed by atoms with Crippen LogP contribution in [-0.2, 0) is 9.59 Å². The van der Waals surface area contributed by atoms with Crippen molar-refractivity contribution in [2.75, 3.05) is 0 Å². The third kappa shape index (κ3) is 3.19. The zero-order chi connectivity index (χ0) is 13.1. The number of alkyl halides is 1. The highest BCUT2D eigenvalue weighted by atomic mass is 79.9. The number of allylic oxidation sites excluding steroid dienone is 4.